The standard InChI is InChI=1S/C15H12O5/c1-19-14(16)12-8-3-2-6-10(12)11-7-4-5-9-13(11)20-15(17)18/h2-9H,1H3,(H,17,18). The molecule has 0 atom stereocenters. The predicted molar refractivity (Wildman–Crippen MR) is 71.9 cm³/mol. The van der Waals surface area contributed by atoms with Crippen molar-refractivity contribution in [2.24, 2.45) is 0 Å². The van der Waals surface area contributed by atoms with Crippen molar-refractivity contribution in [3.05, 3.63) is 54.1 Å². The Morgan fingerprint density at radius 1 is 0.950 bits per heavy atom. The summed E-state index contributed by atoms with van der Waals surface area (Å²) in [6.45, 7) is 0. The number of hydrogen-bond acceptors (Lipinski definition) is 4. The molecule has 0 saturated carbocycles. The first-order valence-corrected chi connectivity index (χ1v) is 5.81. The molecule has 0 aliphatic rings. The van der Waals surface area contributed by atoms with Gasteiger partial charge in [0.05, 0.1) is 12.7 Å². The molecule has 0 amide bonds. The summed E-state index contributed by atoms with van der Waals surface area (Å²) in [7, 11) is 1.29. The van der Waals surface area contributed by atoms with E-state index in [-0.39, 0.29) is 5.75 Å². The summed E-state index contributed by atoms with van der Waals surface area (Å²) in [6, 6.07) is 13.4. The van der Waals surface area contributed by atoms with E-state index < -0.39 is 12.1 Å². The van der Waals surface area contributed by atoms with Crippen LogP contribution in [0.5, 0.6) is 5.75 Å². The molecule has 0 radical (unpaired) electrons. The normalized spacial score (nSPS) is 9.85. The van der Waals surface area contributed by atoms with Gasteiger partial charge in [-0.25, -0.2) is 9.59 Å². The minimum atomic E-state index is -1.41. The third-order valence-corrected chi connectivity index (χ3v) is 2.71. The molecule has 1 N–H and O–H groups in total. The van der Waals surface area contributed by atoms with Gasteiger partial charge in [0, 0.05) is 5.56 Å². The van der Waals surface area contributed by atoms with E-state index in [1.54, 1.807) is 42.5 Å². The Balaban J connectivity index is 2.57. The molecule has 0 spiro atoms. The summed E-state index contributed by atoms with van der Waals surface area (Å²) < 4.78 is 9.46. The number of hydrogen-bond donors (Lipinski definition) is 1. The number of carbonyl (C=O) groups is 2. The Bertz CT molecular complexity index is 648. The summed E-state index contributed by atoms with van der Waals surface area (Å²) in [5.74, 6) is -0.331. The molecule has 5 heteroatoms. The second-order valence-electron chi connectivity index (χ2n) is 3.90. The summed E-state index contributed by atoms with van der Waals surface area (Å²) in [4.78, 5) is 22.5. The highest BCUT2D eigenvalue weighted by atomic mass is 16.7. The maximum absolute atomic E-state index is 11.8. The van der Waals surface area contributed by atoms with Crippen molar-refractivity contribution in [3.8, 4) is 16.9 Å². The van der Waals surface area contributed by atoms with Gasteiger partial charge in [-0.2, -0.15) is 0 Å². The van der Waals surface area contributed by atoms with E-state index in [0.29, 0.717) is 16.7 Å². The Kier molecular flexibility index (Phi) is 4.00. The van der Waals surface area contributed by atoms with Gasteiger partial charge in [-0.15, -0.1) is 0 Å². The number of rotatable bonds is 3. The van der Waals surface area contributed by atoms with Crippen LogP contribution in [-0.4, -0.2) is 24.3 Å². The first-order chi connectivity index (χ1) is 9.63. The van der Waals surface area contributed by atoms with Crippen molar-refractivity contribution >= 4 is 12.1 Å². The van der Waals surface area contributed by atoms with E-state index in [0.717, 1.165) is 0 Å². The smallest absolute Gasteiger partial charge is 0.465 e. The van der Waals surface area contributed by atoms with Gasteiger partial charge in [0.2, 0.25) is 0 Å². The molecular weight excluding hydrogens is 260 g/mol. The highest BCUT2D eigenvalue weighted by Gasteiger charge is 2.16. The van der Waals surface area contributed by atoms with E-state index in [9.17, 15) is 9.59 Å². The second kappa shape index (κ2) is 5.88. The molecule has 0 heterocycles. The van der Waals surface area contributed by atoms with Crippen molar-refractivity contribution in [3.63, 3.8) is 0 Å². The zero-order valence-electron chi connectivity index (χ0n) is 10.7. The van der Waals surface area contributed by atoms with E-state index in [1.165, 1.54) is 13.2 Å². The lowest BCUT2D eigenvalue weighted by atomic mass is 9.99. The zero-order chi connectivity index (χ0) is 14.5. The van der Waals surface area contributed by atoms with Crippen LogP contribution in [0.2, 0.25) is 0 Å². The Hall–Kier alpha value is -2.82. The van der Waals surface area contributed by atoms with Crippen molar-refractivity contribution in [2.75, 3.05) is 7.11 Å². The van der Waals surface area contributed by atoms with Crippen LogP contribution in [0.25, 0.3) is 11.1 Å². The Morgan fingerprint density at radius 3 is 2.20 bits per heavy atom. The number of para-hydroxylation sites is 1. The van der Waals surface area contributed by atoms with Crippen LogP contribution in [0.3, 0.4) is 0 Å². The molecule has 20 heavy (non-hydrogen) atoms. The maximum atomic E-state index is 11.8. The molecule has 5 nitrogen and oxygen atoms in total. The number of ether oxygens (including phenoxy) is 2. The molecule has 0 unspecified atom stereocenters. The zero-order valence-corrected chi connectivity index (χ0v) is 10.7. The average Bonchev–Trinajstić information content (AvgIpc) is 2.46. The monoisotopic (exact) mass is 272 g/mol. The predicted octanol–water partition coefficient (Wildman–Crippen LogP) is 3.20. The van der Waals surface area contributed by atoms with E-state index in [1.807, 2.05) is 0 Å². The van der Waals surface area contributed by atoms with Crippen molar-refractivity contribution < 1.29 is 24.2 Å². The van der Waals surface area contributed by atoms with Crippen molar-refractivity contribution in [1.29, 1.82) is 0 Å². The van der Waals surface area contributed by atoms with Gasteiger partial charge in [-0.3, -0.25) is 0 Å². The van der Waals surface area contributed by atoms with E-state index in [2.05, 4.69) is 0 Å². The van der Waals surface area contributed by atoms with E-state index in [4.69, 9.17) is 14.6 Å². The second-order valence-corrected chi connectivity index (χ2v) is 3.90. The average molecular weight is 272 g/mol. The molecular formula is C15H12O5. The molecule has 2 rings (SSSR count). The van der Waals surface area contributed by atoms with Gasteiger partial charge in [0.25, 0.3) is 0 Å². The number of esters is 1. The molecule has 0 aliphatic carbocycles. The van der Waals surface area contributed by atoms with Gasteiger partial charge < -0.3 is 14.6 Å². The summed E-state index contributed by atoms with van der Waals surface area (Å²) in [5, 5.41) is 8.75. The minimum Gasteiger partial charge on any atom is -0.465 e. The first kappa shape index (κ1) is 13.6. The van der Waals surface area contributed by atoms with Crippen LogP contribution in [0.15, 0.2) is 48.5 Å². The van der Waals surface area contributed by atoms with Crippen LogP contribution in [0.4, 0.5) is 4.79 Å². The van der Waals surface area contributed by atoms with Crippen LogP contribution in [0, 0.1) is 0 Å². The maximum Gasteiger partial charge on any atom is 0.511 e. The number of carbonyl (C=O) groups excluding carboxylic acids is 1. The molecule has 2 aromatic carbocycles. The van der Waals surface area contributed by atoms with Crippen LogP contribution < -0.4 is 4.74 Å². The van der Waals surface area contributed by atoms with Gasteiger partial charge in [-0.05, 0) is 17.7 Å². The lowest BCUT2D eigenvalue weighted by Gasteiger charge is -2.11. The number of methoxy groups -OCH3 is 1. The molecule has 0 fully saturated rings. The molecule has 0 aliphatic heterocycles. The third-order valence-electron chi connectivity index (χ3n) is 2.71. The first-order valence-electron chi connectivity index (χ1n) is 5.81. The van der Waals surface area contributed by atoms with Gasteiger partial charge in [0.1, 0.15) is 5.75 Å². The lowest BCUT2D eigenvalue weighted by Crippen LogP contribution is -2.06. The quantitative estimate of drug-likeness (QED) is 0.686. The summed E-state index contributed by atoms with van der Waals surface area (Å²) >= 11 is 0. The molecule has 0 bridgehead atoms. The Morgan fingerprint density at radius 2 is 1.55 bits per heavy atom. The summed E-state index contributed by atoms with van der Waals surface area (Å²) in [6.07, 6.45) is -1.41. The van der Waals surface area contributed by atoms with Crippen molar-refractivity contribution in [2.45, 2.75) is 0 Å². The van der Waals surface area contributed by atoms with Crippen LogP contribution in [-0.2, 0) is 4.74 Å². The third kappa shape index (κ3) is 2.77. The van der Waals surface area contributed by atoms with Crippen LogP contribution in [0.1, 0.15) is 10.4 Å². The molecule has 0 aromatic heterocycles. The molecule has 102 valence electrons. The van der Waals surface area contributed by atoms with Gasteiger partial charge in [-0.1, -0.05) is 36.4 Å². The highest BCUT2D eigenvalue weighted by Crippen LogP contribution is 2.32. The Labute approximate surface area is 115 Å². The lowest BCUT2D eigenvalue weighted by molar-refractivity contribution is 0.0601. The highest BCUT2D eigenvalue weighted by molar-refractivity contribution is 5.98. The fourth-order valence-corrected chi connectivity index (χ4v) is 1.88. The minimum absolute atomic E-state index is 0.163. The number of carboxylic acid groups (broad SMARTS) is 1. The number of benzene rings is 2. The van der Waals surface area contributed by atoms with Gasteiger partial charge >= 0.3 is 12.1 Å². The SMILES string of the molecule is COC(=O)c1ccccc1-c1ccccc1OC(=O)O. The fourth-order valence-electron chi connectivity index (χ4n) is 1.88. The summed E-state index contributed by atoms with van der Waals surface area (Å²) in [5.41, 5.74) is 1.41. The largest absolute Gasteiger partial charge is 0.511 e. The van der Waals surface area contributed by atoms with Crippen molar-refractivity contribution in [1.82, 2.24) is 0 Å². The van der Waals surface area contributed by atoms with E-state index >= 15 is 0 Å². The van der Waals surface area contributed by atoms with Crippen LogP contribution >= 0.6 is 0 Å². The topological polar surface area (TPSA) is 72.8 Å². The molecule has 0 saturated heterocycles. The fraction of sp³-hybridized carbons (Fsp3) is 0.0667. The molecule has 2 aromatic rings. The van der Waals surface area contributed by atoms with Gasteiger partial charge in [0.15, 0.2) is 0 Å².